The third-order valence-electron chi connectivity index (χ3n) is 2.51. The predicted octanol–water partition coefficient (Wildman–Crippen LogP) is 3.40. The zero-order chi connectivity index (χ0) is 11.8. The normalized spacial score (nSPS) is 14.0. The lowest BCUT2D eigenvalue weighted by molar-refractivity contribution is -0.148. The Morgan fingerprint density at radius 2 is 1.56 bits per heavy atom. The fourth-order valence-corrected chi connectivity index (χ4v) is 1.70. The smallest absolute Gasteiger partial charge is 0.316 e. The molecule has 2 rings (SSSR count). The highest BCUT2D eigenvalue weighted by atomic mass is 19.4. The van der Waals surface area contributed by atoms with Gasteiger partial charge >= 0.3 is 6.18 Å². The van der Waals surface area contributed by atoms with Crippen molar-refractivity contribution in [3.05, 3.63) is 48.0 Å². The quantitative estimate of drug-likeness (QED) is 0.790. The van der Waals surface area contributed by atoms with E-state index in [9.17, 15) is 13.2 Å². The second-order valence-electron chi connectivity index (χ2n) is 3.59. The SMILES string of the molecule is N[C@H](c1cccc2ccccc12)C(F)(F)F. The van der Waals surface area contributed by atoms with E-state index in [1.165, 1.54) is 6.07 Å². The molecule has 1 atom stereocenters. The summed E-state index contributed by atoms with van der Waals surface area (Å²) in [7, 11) is 0. The zero-order valence-electron chi connectivity index (χ0n) is 8.33. The molecular formula is C12H10F3N. The van der Waals surface area contributed by atoms with Gasteiger partial charge in [0.1, 0.15) is 6.04 Å². The van der Waals surface area contributed by atoms with Gasteiger partial charge in [-0.1, -0.05) is 42.5 Å². The largest absolute Gasteiger partial charge is 0.407 e. The summed E-state index contributed by atoms with van der Waals surface area (Å²) in [4.78, 5) is 0. The van der Waals surface area contributed by atoms with Crippen LogP contribution < -0.4 is 5.73 Å². The second kappa shape index (κ2) is 3.79. The molecule has 0 aliphatic rings. The maximum absolute atomic E-state index is 12.5. The van der Waals surface area contributed by atoms with Gasteiger partial charge in [0, 0.05) is 0 Å². The summed E-state index contributed by atoms with van der Waals surface area (Å²) in [6, 6.07) is 9.74. The molecule has 0 saturated carbocycles. The minimum Gasteiger partial charge on any atom is -0.316 e. The molecular weight excluding hydrogens is 215 g/mol. The Bertz CT molecular complexity index is 500. The van der Waals surface area contributed by atoms with Crippen molar-refractivity contribution in [3.8, 4) is 0 Å². The van der Waals surface area contributed by atoms with E-state index in [0.29, 0.717) is 5.39 Å². The fraction of sp³-hybridized carbons (Fsp3) is 0.167. The summed E-state index contributed by atoms with van der Waals surface area (Å²) in [5, 5.41) is 1.31. The topological polar surface area (TPSA) is 26.0 Å². The van der Waals surface area contributed by atoms with Crippen LogP contribution in [-0.4, -0.2) is 6.18 Å². The molecule has 4 heteroatoms. The van der Waals surface area contributed by atoms with E-state index in [-0.39, 0.29) is 5.56 Å². The molecule has 0 amide bonds. The number of rotatable bonds is 1. The molecule has 0 fully saturated rings. The van der Waals surface area contributed by atoms with E-state index in [1.807, 2.05) is 0 Å². The van der Waals surface area contributed by atoms with Gasteiger partial charge in [0.25, 0.3) is 0 Å². The minimum absolute atomic E-state index is 0.116. The van der Waals surface area contributed by atoms with Crippen LogP contribution in [0.15, 0.2) is 42.5 Å². The molecule has 0 radical (unpaired) electrons. The zero-order valence-corrected chi connectivity index (χ0v) is 8.33. The number of hydrogen-bond acceptors (Lipinski definition) is 1. The van der Waals surface area contributed by atoms with Gasteiger partial charge < -0.3 is 5.73 Å². The van der Waals surface area contributed by atoms with Crippen LogP contribution in [0.25, 0.3) is 10.8 Å². The maximum atomic E-state index is 12.5. The lowest BCUT2D eigenvalue weighted by atomic mass is 9.99. The third-order valence-corrected chi connectivity index (χ3v) is 2.51. The molecule has 2 N–H and O–H groups in total. The average molecular weight is 225 g/mol. The van der Waals surface area contributed by atoms with Gasteiger partial charge in [0.15, 0.2) is 0 Å². The Hall–Kier alpha value is -1.55. The minimum atomic E-state index is -4.41. The van der Waals surface area contributed by atoms with Gasteiger partial charge in [-0.05, 0) is 16.3 Å². The van der Waals surface area contributed by atoms with Gasteiger partial charge in [-0.25, -0.2) is 0 Å². The molecule has 0 heterocycles. The molecule has 1 nitrogen and oxygen atoms in total. The molecule has 0 saturated heterocycles. The summed E-state index contributed by atoms with van der Waals surface area (Å²) < 4.78 is 37.6. The van der Waals surface area contributed by atoms with E-state index in [1.54, 1.807) is 36.4 Å². The standard InChI is InChI=1S/C12H10F3N/c13-12(14,15)11(16)10-7-3-5-8-4-1-2-6-9(8)10/h1-7,11H,16H2/t11-/m1/s1. The maximum Gasteiger partial charge on any atom is 0.407 e. The molecule has 16 heavy (non-hydrogen) atoms. The fourth-order valence-electron chi connectivity index (χ4n) is 1.70. The predicted molar refractivity (Wildman–Crippen MR) is 56.9 cm³/mol. The Kier molecular flexibility index (Phi) is 2.59. The second-order valence-corrected chi connectivity index (χ2v) is 3.59. The first kappa shape index (κ1) is 11.0. The van der Waals surface area contributed by atoms with Gasteiger partial charge in [-0.2, -0.15) is 13.2 Å². The molecule has 0 aliphatic heterocycles. The van der Waals surface area contributed by atoms with Crippen molar-refractivity contribution in [3.63, 3.8) is 0 Å². The van der Waals surface area contributed by atoms with E-state index in [2.05, 4.69) is 0 Å². The third kappa shape index (κ3) is 1.88. The van der Waals surface area contributed by atoms with Crippen LogP contribution in [0.4, 0.5) is 13.2 Å². The van der Waals surface area contributed by atoms with Crippen LogP contribution in [0.5, 0.6) is 0 Å². The van der Waals surface area contributed by atoms with Gasteiger partial charge in [-0.15, -0.1) is 0 Å². The summed E-state index contributed by atoms with van der Waals surface area (Å²) in [5.41, 5.74) is 5.33. The highest BCUT2D eigenvalue weighted by molar-refractivity contribution is 5.86. The van der Waals surface area contributed by atoms with Crippen molar-refractivity contribution in [1.82, 2.24) is 0 Å². The van der Waals surface area contributed by atoms with Crippen molar-refractivity contribution in [2.75, 3.05) is 0 Å². The number of benzene rings is 2. The van der Waals surface area contributed by atoms with Crippen molar-refractivity contribution < 1.29 is 13.2 Å². The van der Waals surface area contributed by atoms with Crippen molar-refractivity contribution in [2.45, 2.75) is 12.2 Å². The summed E-state index contributed by atoms with van der Waals surface area (Å²) in [5.74, 6) is 0. The van der Waals surface area contributed by atoms with Gasteiger partial charge in [0.05, 0.1) is 0 Å². The molecule has 2 aromatic rings. The van der Waals surface area contributed by atoms with E-state index < -0.39 is 12.2 Å². The summed E-state index contributed by atoms with van der Waals surface area (Å²) in [6.07, 6.45) is -4.41. The highest BCUT2D eigenvalue weighted by Crippen LogP contribution is 2.34. The number of hydrogen-bond donors (Lipinski definition) is 1. The first-order valence-corrected chi connectivity index (χ1v) is 4.80. The van der Waals surface area contributed by atoms with Crippen LogP contribution >= 0.6 is 0 Å². The Morgan fingerprint density at radius 3 is 2.25 bits per heavy atom. The van der Waals surface area contributed by atoms with E-state index in [4.69, 9.17) is 5.73 Å². The van der Waals surface area contributed by atoms with E-state index >= 15 is 0 Å². The first-order valence-electron chi connectivity index (χ1n) is 4.80. The number of nitrogens with two attached hydrogens (primary N) is 1. The lowest BCUT2D eigenvalue weighted by Crippen LogP contribution is -2.28. The van der Waals surface area contributed by atoms with Crippen molar-refractivity contribution in [2.24, 2.45) is 5.73 Å². The van der Waals surface area contributed by atoms with Crippen LogP contribution in [-0.2, 0) is 0 Å². The molecule has 0 spiro atoms. The summed E-state index contributed by atoms with van der Waals surface area (Å²) in [6.45, 7) is 0. The van der Waals surface area contributed by atoms with Crippen LogP contribution in [0.2, 0.25) is 0 Å². The molecule has 2 aromatic carbocycles. The lowest BCUT2D eigenvalue weighted by Gasteiger charge is -2.17. The Balaban J connectivity index is 2.61. The number of fused-ring (bicyclic) bond motifs is 1. The van der Waals surface area contributed by atoms with Gasteiger partial charge in [0.2, 0.25) is 0 Å². The molecule has 0 bridgehead atoms. The first-order chi connectivity index (χ1) is 7.50. The van der Waals surface area contributed by atoms with Crippen LogP contribution in [0.3, 0.4) is 0 Å². The van der Waals surface area contributed by atoms with Crippen LogP contribution in [0.1, 0.15) is 11.6 Å². The van der Waals surface area contributed by atoms with Gasteiger partial charge in [-0.3, -0.25) is 0 Å². The molecule has 0 unspecified atom stereocenters. The Labute approximate surface area is 90.7 Å². The van der Waals surface area contributed by atoms with Crippen molar-refractivity contribution >= 4 is 10.8 Å². The molecule has 0 aromatic heterocycles. The summed E-state index contributed by atoms with van der Waals surface area (Å²) >= 11 is 0. The van der Waals surface area contributed by atoms with Crippen LogP contribution in [0, 0.1) is 0 Å². The van der Waals surface area contributed by atoms with E-state index in [0.717, 1.165) is 5.39 Å². The van der Waals surface area contributed by atoms with Crippen molar-refractivity contribution in [1.29, 1.82) is 0 Å². The number of alkyl halides is 3. The average Bonchev–Trinajstić information content (AvgIpc) is 2.26. The number of halogens is 3. The highest BCUT2D eigenvalue weighted by Gasteiger charge is 2.38. The molecule has 0 aliphatic carbocycles. The molecule has 84 valence electrons. The monoisotopic (exact) mass is 225 g/mol. The Morgan fingerprint density at radius 1 is 0.938 bits per heavy atom.